The second-order valence-electron chi connectivity index (χ2n) is 4.46. The van der Waals surface area contributed by atoms with E-state index in [1.165, 1.54) is 17.0 Å². The van der Waals surface area contributed by atoms with Crippen LogP contribution in [-0.2, 0) is 24.3 Å². The molecule has 1 heterocycles. The predicted molar refractivity (Wildman–Crippen MR) is 76.2 cm³/mol. The maximum absolute atomic E-state index is 11.8. The van der Waals surface area contributed by atoms with Crippen LogP contribution in [0.1, 0.15) is 18.2 Å². The van der Waals surface area contributed by atoms with Gasteiger partial charge in [-0.1, -0.05) is 37.3 Å². The van der Waals surface area contributed by atoms with Crippen molar-refractivity contribution in [2.24, 2.45) is 0 Å². The molecule has 2 rings (SSSR count). The summed E-state index contributed by atoms with van der Waals surface area (Å²) < 4.78 is 1.31. The summed E-state index contributed by atoms with van der Waals surface area (Å²) in [6.07, 6.45) is 2.12. The van der Waals surface area contributed by atoms with E-state index in [4.69, 9.17) is 0 Å². The van der Waals surface area contributed by atoms with Gasteiger partial charge < -0.3 is 5.32 Å². The van der Waals surface area contributed by atoms with Crippen molar-refractivity contribution in [3.05, 3.63) is 64.3 Å². The fourth-order valence-electron chi connectivity index (χ4n) is 1.78. The minimum atomic E-state index is -0.206. The van der Waals surface area contributed by atoms with Gasteiger partial charge >= 0.3 is 0 Å². The molecule has 1 aromatic carbocycles. The van der Waals surface area contributed by atoms with Crippen LogP contribution in [0, 0.1) is 0 Å². The topological polar surface area (TPSA) is 64.0 Å². The highest BCUT2D eigenvalue weighted by Crippen LogP contribution is 1.97. The lowest BCUT2D eigenvalue weighted by Crippen LogP contribution is -2.32. The molecule has 0 saturated carbocycles. The lowest BCUT2D eigenvalue weighted by Gasteiger charge is -2.07. The van der Waals surface area contributed by atoms with E-state index in [-0.39, 0.29) is 18.0 Å². The van der Waals surface area contributed by atoms with Gasteiger partial charge in [0.1, 0.15) is 6.54 Å². The van der Waals surface area contributed by atoms with E-state index in [9.17, 15) is 9.59 Å². The minimum absolute atomic E-state index is 0.0112. The van der Waals surface area contributed by atoms with Crippen molar-refractivity contribution in [1.82, 2.24) is 14.9 Å². The number of rotatable bonds is 5. The highest BCUT2D eigenvalue weighted by Gasteiger charge is 2.05. The molecule has 0 spiro atoms. The molecule has 5 heteroatoms. The van der Waals surface area contributed by atoms with Crippen LogP contribution in [-0.4, -0.2) is 15.5 Å². The molecule has 5 nitrogen and oxygen atoms in total. The Kier molecular flexibility index (Phi) is 4.65. The molecule has 0 radical (unpaired) electrons. The first-order chi connectivity index (χ1) is 9.69. The lowest BCUT2D eigenvalue weighted by atomic mass is 10.2. The molecule has 1 N–H and O–H groups in total. The van der Waals surface area contributed by atoms with E-state index >= 15 is 0 Å². The Morgan fingerprint density at radius 2 is 2.05 bits per heavy atom. The molecule has 0 aliphatic heterocycles. The van der Waals surface area contributed by atoms with Gasteiger partial charge in [0, 0.05) is 18.3 Å². The zero-order chi connectivity index (χ0) is 14.4. The van der Waals surface area contributed by atoms with Crippen LogP contribution in [0.2, 0.25) is 0 Å². The summed E-state index contributed by atoms with van der Waals surface area (Å²) >= 11 is 0. The number of aromatic nitrogens is 2. The van der Waals surface area contributed by atoms with Crippen molar-refractivity contribution in [2.45, 2.75) is 26.4 Å². The van der Waals surface area contributed by atoms with E-state index in [1.54, 1.807) is 0 Å². The van der Waals surface area contributed by atoms with Crippen LogP contribution in [0.4, 0.5) is 0 Å². The van der Waals surface area contributed by atoms with Crippen LogP contribution in [0.15, 0.2) is 47.5 Å². The largest absolute Gasteiger partial charge is 0.350 e. The lowest BCUT2D eigenvalue weighted by molar-refractivity contribution is -0.121. The quantitative estimate of drug-likeness (QED) is 0.886. The SMILES string of the molecule is CCc1cc(=O)n(CC(=O)NCc2ccccc2)cn1. The molecule has 0 aliphatic carbocycles. The third-order valence-corrected chi connectivity index (χ3v) is 2.94. The molecule has 0 unspecified atom stereocenters. The van der Waals surface area contributed by atoms with Gasteiger partial charge in [0.25, 0.3) is 5.56 Å². The van der Waals surface area contributed by atoms with Gasteiger partial charge in [0.15, 0.2) is 0 Å². The monoisotopic (exact) mass is 271 g/mol. The van der Waals surface area contributed by atoms with Crippen molar-refractivity contribution in [2.75, 3.05) is 0 Å². The maximum Gasteiger partial charge on any atom is 0.253 e. The first-order valence-electron chi connectivity index (χ1n) is 6.55. The Morgan fingerprint density at radius 3 is 2.70 bits per heavy atom. The highest BCUT2D eigenvalue weighted by atomic mass is 16.2. The Hall–Kier alpha value is -2.43. The minimum Gasteiger partial charge on any atom is -0.350 e. The van der Waals surface area contributed by atoms with Crippen LogP contribution >= 0.6 is 0 Å². The number of aryl methyl sites for hydroxylation is 1. The molecular weight excluding hydrogens is 254 g/mol. The summed E-state index contributed by atoms with van der Waals surface area (Å²) in [5.41, 5.74) is 1.55. The van der Waals surface area contributed by atoms with Gasteiger partial charge in [0.05, 0.1) is 6.33 Å². The van der Waals surface area contributed by atoms with Gasteiger partial charge in [-0.2, -0.15) is 0 Å². The standard InChI is InChI=1S/C15H17N3O2/c1-2-13-8-15(20)18(11-17-13)10-14(19)16-9-12-6-4-3-5-7-12/h3-8,11H,2,9-10H2,1H3,(H,16,19). The molecule has 0 aliphatic rings. The van der Waals surface area contributed by atoms with E-state index in [0.717, 1.165) is 11.3 Å². The fourth-order valence-corrected chi connectivity index (χ4v) is 1.78. The molecule has 0 fully saturated rings. The van der Waals surface area contributed by atoms with Crippen molar-refractivity contribution < 1.29 is 4.79 Å². The molecule has 0 atom stereocenters. The van der Waals surface area contributed by atoms with Crippen LogP contribution in [0.25, 0.3) is 0 Å². The summed E-state index contributed by atoms with van der Waals surface area (Å²) in [4.78, 5) is 27.7. The molecule has 1 amide bonds. The molecule has 20 heavy (non-hydrogen) atoms. The van der Waals surface area contributed by atoms with Crippen molar-refractivity contribution in [1.29, 1.82) is 0 Å². The van der Waals surface area contributed by atoms with Gasteiger partial charge in [-0.05, 0) is 12.0 Å². The van der Waals surface area contributed by atoms with Gasteiger partial charge in [0.2, 0.25) is 5.91 Å². The molecule has 2 aromatic rings. The number of amides is 1. The van der Waals surface area contributed by atoms with Gasteiger partial charge in [-0.25, -0.2) is 4.98 Å². The van der Waals surface area contributed by atoms with Gasteiger partial charge in [-0.3, -0.25) is 14.2 Å². The third kappa shape index (κ3) is 3.78. The van der Waals surface area contributed by atoms with Crippen LogP contribution < -0.4 is 10.9 Å². The number of nitrogens with one attached hydrogen (secondary N) is 1. The Morgan fingerprint density at radius 1 is 1.30 bits per heavy atom. The molecule has 0 bridgehead atoms. The van der Waals surface area contributed by atoms with Crippen molar-refractivity contribution >= 4 is 5.91 Å². The maximum atomic E-state index is 11.8. The first kappa shape index (κ1) is 14.0. The smallest absolute Gasteiger partial charge is 0.253 e. The number of benzene rings is 1. The number of nitrogens with zero attached hydrogens (tertiary/aromatic N) is 2. The average molecular weight is 271 g/mol. The molecule has 104 valence electrons. The Balaban J connectivity index is 1.93. The molecule has 0 saturated heterocycles. The normalized spacial score (nSPS) is 10.2. The zero-order valence-corrected chi connectivity index (χ0v) is 11.4. The Labute approximate surface area is 117 Å². The van der Waals surface area contributed by atoms with Gasteiger partial charge in [-0.15, -0.1) is 0 Å². The first-order valence-corrected chi connectivity index (χ1v) is 6.55. The third-order valence-electron chi connectivity index (χ3n) is 2.94. The van der Waals surface area contributed by atoms with Crippen molar-refractivity contribution in [3.63, 3.8) is 0 Å². The summed E-state index contributed by atoms with van der Waals surface area (Å²) in [5, 5.41) is 2.78. The average Bonchev–Trinajstić information content (AvgIpc) is 2.48. The van der Waals surface area contributed by atoms with Crippen molar-refractivity contribution in [3.8, 4) is 0 Å². The number of carbonyl (C=O) groups is 1. The zero-order valence-electron chi connectivity index (χ0n) is 11.4. The summed E-state index contributed by atoms with van der Waals surface area (Å²) in [6, 6.07) is 11.1. The predicted octanol–water partition coefficient (Wildman–Crippen LogP) is 1.12. The van der Waals surface area contributed by atoms with E-state index in [2.05, 4.69) is 10.3 Å². The van der Waals surface area contributed by atoms with E-state index in [0.29, 0.717) is 13.0 Å². The number of hydrogen-bond donors (Lipinski definition) is 1. The van der Waals surface area contributed by atoms with Crippen LogP contribution in [0.5, 0.6) is 0 Å². The number of hydrogen-bond acceptors (Lipinski definition) is 3. The summed E-state index contributed by atoms with van der Waals surface area (Å²) in [7, 11) is 0. The molecule has 1 aromatic heterocycles. The Bertz CT molecular complexity index is 635. The fraction of sp³-hybridized carbons (Fsp3) is 0.267. The van der Waals surface area contributed by atoms with E-state index in [1.807, 2.05) is 37.3 Å². The highest BCUT2D eigenvalue weighted by molar-refractivity contribution is 5.75. The second kappa shape index (κ2) is 6.65. The summed E-state index contributed by atoms with van der Waals surface area (Å²) in [5.74, 6) is -0.206. The number of carbonyl (C=O) groups excluding carboxylic acids is 1. The van der Waals surface area contributed by atoms with Crippen LogP contribution in [0.3, 0.4) is 0 Å². The second-order valence-corrected chi connectivity index (χ2v) is 4.46. The van der Waals surface area contributed by atoms with E-state index < -0.39 is 0 Å². The summed E-state index contributed by atoms with van der Waals surface area (Å²) in [6.45, 7) is 2.37. The molecular formula is C15H17N3O2.